The Morgan fingerprint density at radius 3 is 2.52 bits per heavy atom. The molecule has 2 heteroatoms. The zero-order valence-electron chi connectivity index (χ0n) is 12.0. The van der Waals surface area contributed by atoms with Crippen LogP contribution in [0, 0.1) is 6.92 Å². The Morgan fingerprint density at radius 2 is 1.71 bits per heavy atom. The zero-order chi connectivity index (χ0) is 14.8. The van der Waals surface area contributed by atoms with Crippen molar-refractivity contribution in [3.63, 3.8) is 0 Å². The van der Waals surface area contributed by atoms with Crippen LogP contribution in [0.5, 0.6) is 0 Å². The molecule has 0 aliphatic carbocycles. The lowest BCUT2D eigenvalue weighted by Crippen LogP contribution is -2.14. The Bertz CT molecular complexity index is 779. The first kappa shape index (κ1) is 14.3. The van der Waals surface area contributed by atoms with Gasteiger partial charge < -0.3 is 5.73 Å². The largest absolute Gasteiger partial charge is 0.324 e. The molecule has 3 aromatic carbocycles. The third kappa shape index (κ3) is 3.02. The van der Waals surface area contributed by atoms with E-state index in [9.17, 15) is 0 Å². The molecule has 106 valence electrons. The summed E-state index contributed by atoms with van der Waals surface area (Å²) in [5, 5.41) is 2.54. The van der Waals surface area contributed by atoms with Crippen LogP contribution in [-0.2, 0) is 6.42 Å². The molecule has 0 amide bonds. The molecule has 0 fully saturated rings. The highest BCUT2D eigenvalue weighted by Crippen LogP contribution is 2.26. The number of hydrogen-bond acceptors (Lipinski definition) is 1. The summed E-state index contributed by atoms with van der Waals surface area (Å²) in [6, 6.07) is 21.3. The maximum Gasteiger partial charge on any atom is 0.0338 e. The number of halogens is 1. The average molecular weight is 340 g/mol. The van der Waals surface area contributed by atoms with Crippen molar-refractivity contribution in [1.82, 2.24) is 0 Å². The van der Waals surface area contributed by atoms with Crippen molar-refractivity contribution in [2.45, 2.75) is 19.4 Å². The lowest BCUT2D eigenvalue weighted by molar-refractivity contribution is 0.716. The minimum atomic E-state index is 0.0173. The number of hydrogen-bond donors (Lipinski definition) is 1. The van der Waals surface area contributed by atoms with Crippen molar-refractivity contribution in [3.05, 3.63) is 81.8 Å². The van der Waals surface area contributed by atoms with Gasteiger partial charge in [0.1, 0.15) is 0 Å². The fourth-order valence-corrected chi connectivity index (χ4v) is 3.14. The Labute approximate surface area is 133 Å². The van der Waals surface area contributed by atoms with Crippen LogP contribution in [0.4, 0.5) is 0 Å². The van der Waals surface area contributed by atoms with E-state index in [-0.39, 0.29) is 6.04 Å². The topological polar surface area (TPSA) is 26.0 Å². The number of benzene rings is 3. The van der Waals surface area contributed by atoms with Gasteiger partial charge in [-0.3, -0.25) is 0 Å². The lowest BCUT2D eigenvalue weighted by atomic mass is 9.95. The molecule has 2 N–H and O–H groups in total. The molecule has 0 aliphatic rings. The maximum absolute atomic E-state index is 6.42. The minimum absolute atomic E-state index is 0.0173. The van der Waals surface area contributed by atoms with Crippen LogP contribution in [0.2, 0.25) is 0 Å². The highest BCUT2D eigenvalue weighted by Gasteiger charge is 2.11. The summed E-state index contributed by atoms with van der Waals surface area (Å²) < 4.78 is 1.12. The average Bonchev–Trinajstić information content (AvgIpc) is 2.50. The van der Waals surface area contributed by atoms with E-state index in [1.165, 1.54) is 27.5 Å². The van der Waals surface area contributed by atoms with Gasteiger partial charge in [0.25, 0.3) is 0 Å². The monoisotopic (exact) mass is 339 g/mol. The van der Waals surface area contributed by atoms with Crippen LogP contribution in [0.1, 0.15) is 22.7 Å². The second-order valence-corrected chi connectivity index (χ2v) is 6.30. The van der Waals surface area contributed by atoms with Crippen LogP contribution in [0.15, 0.2) is 65.1 Å². The van der Waals surface area contributed by atoms with Gasteiger partial charge in [-0.2, -0.15) is 0 Å². The summed E-state index contributed by atoms with van der Waals surface area (Å²) in [6.45, 7) is 2.11. The number of nitrogens with two attached hydrogens (primary N) is 1. The highest BCUT2D eigenvalue weighted by molar-refractivity contribution is 9.10. The second kappa shape index (κ2) is 6.00. The fraction of sp³-hybridized carbons (Fsp3) is 0.158. The summed E-state index contributed by atoms with van der Waals surface area (Å²) >= 11 is 3.58. The number of fused-ring (bicyclic) bond motifs is 1. The predicted octanol–water partition coefficient (Wildman–Crippen LogP) is 5.15. The maximum atomic E-state index is 6.42. The van der Waals surface area contributed by atoms with Crippen molar-refractivity contribution in [1.29, 1.82) is 0 Å². The molecule has 3 rings (SSSR count). The second-order valence-electron chi connectivity index (χ2n) is 5.45. The summed E-state index contributed by atoms with van der Waals surface area (Å²) in [7, 11) is 0. The van der Waals surface area contributed by atoms with E-state index >= 15 is 0 Å². The zero-order valence-corrected chi connectivity index (χ0v) is 13.6. The third-order valence-corrected chi connectivity index (χ3v) is 4.84. The van der Waals surface area contributed by atoms with Gasteiger partial charge in [-0.25, -0.2) is 0 Å². The SMILES string of the molecule is Cc1c(Br)cccc1C(N)Cc1ccc2ccccc2c1. The molecule has 0 heterocycles. The first-order chi connectivity index (χ1) is 10.1. The van der Waals surface area contributed by atoms with E-state index in [0.717, 1.165) is 10.9 Å². The molecule has 0 saturated heterocycles. The Hall–Kier alpha value is -1.64. The van der Waals surface area contributed by atoms with Gasteiger partial charge in [-0.15, -0.1) is 0 Å². The summed E-state index contributed by atoms with van der Waals surface area (Å²) in [5.41, 5.74) is 10.1. The van der Waals surface area contributed by atoms with E-state index in [4.69, 9.17) is 5.73 Å². The fourth-order valence-electron chi connectivity index (χ4n) is 2.76. The van der Waals surface area contributed by atoms with Crippen molar-refractivity contribution < 1.29 is 0 Å². The van der Waals surface area contributed by atoms with E-state index < -0.39 is 0 Å². The van der Waals surface area contributed by atoms with Gasteiger partial charge in [0.2, 0.25) is 0 Å². The molecule has 3 aromatic rings. The molecule has 1 nitrogen and oxygen atoms in total. The van der Waals surface area contributed by atoms with E-state index in [2.05, 4.69) is 77.5 Å². The van der Waals surface area contributed by atoms with Crippen molar-refractivity contribution in [3.8, 4) is 0 Å². The summed E-state index contributed by atoms with van der Waals surface area (Å²) in [6.07, 6.45) is 0.849. The van der Waals surface area contributed by atoms with Gasteiger partial charge in [-0.1, -0.05) is 70.5 Å². The normalized spacial score (nSPS) is 12.5. The van der Waals surface area contributed by atoms with E-state index in [1.54, 1.807) is 0 Å². The first-order valence-electron chi connectivity index (χ1n) is 7.13. The Morgan fingerprint density at radius 1 is 0.952 bits per heavy atom. The molecular formula is C19H18BrN. The van der Waals surface area contributed by atoms with Crippen molar-refractivity contribution in [2.75, 3.05) is 0 Å². The Balaban J connectivity index is 1.89. The standard InChI is InChI=1S/C19H18BrN/c1-13-17(7-4-8-18(13)20)19(21)12-14-9-10-15-5-2-3-6-16(15)11-14/h2-11,19H,12,21H2,1H3. The van der Waals surface area contributed by atoms with Gasteiger partial charge in [-0.05, 0) is 46.9 Å². The summed E-state index contributed by atoms with van der Waals surface area (Å²) in [5.74, 6) is 0. The van der Waals surface area contributed by atoms with Crippen LogP contribution in [0.25, 0.3) is 10.8 Å². The smallest absolute Gasteiger partial charge is 0.0338 e. The quantitative estimate of drug-likeness (QED) is 0.701. The molecule has 1 atom stereocenters. The van der Waals surface area contributed by atoms with E-state index in [0.29, 0.717) is 0 Å². The Kier molecular flexibility index (Phi) is 4.09. The van der Waals surface area contributed by atoms with Gasteiger partial charge in [0.05, 0.1) is 0 Å². The molecule has 0 aromatic heterocycles. The van der Waals surface area contributed by atoms with Crippen LogP contribution in [0.3, 0.4) is 0 Å². The van der Waals surface area contributed by atoms with Gasteiger partial charge in [0.15, 0.2) is 0 Å². The molecule has 1 unspecified atom stereocenters. The van der Waals surface area contributed by atoms with Crippen molar-refractivity contribution in [2.24, 2.45) is 5.73 Å². The van der Waals surface area contributed by atoms with Crippen molar-refractivity contribution >= 4 is 26.7 Å². The molecule has 0 spiro atoms. The van der Waals surface area contributed by atoms with Gasteiger partial charge in [0, 0.05) is 10.5 Å². The number of rotatable bonds is 3. The van der Waals surface area contributed by atoms with E-state index in [1.807, 2.05) is 6.07 Å². The highest BCUT2D eigenvalue weighted by atomic mass is 79.9. The van der Waals surface area contributed by atoms with Crippen LogP contribution < -0.4 is 5.73 Å². The predicted molar refractivity (Wildman–Crippen MR) is 93.5 cm³/mol. The molecular weight excluding hydrogens is 322 g/mol. The summed E-state index contributed by atoms with van der Waals surface area (Å²) in [4.78, 5) is 0. The minimum Gasteiger partial charge on any atom is -0.324 e. The molecule has 0 saturated carbocycles. The van der Waals surface area contributed by atoms with Crippen LogP contribution >= 0.6 is 15.9 Å². The van der Waals surface area contributed by atoms with Gasteiger partial charge >= 0.3 is 0 Å². The molecule has 0 aliphatic heterocycles. The molecule has 0 bridgehead atoms. The molecule has 0 radical (unpaired) electrons. The lowest BCUT2D eigenvalue weighted by Gasteiger charge is -2.16. The van der Waals surface area contributed by atoms with Crippen LogP contribution in [-0.4, -0.2) is 0 Å². The molecule has 21 heavy (non-hydrogen) atoms. The first-order valence-corrected chi connectivity index (χ1v) is 7.93. The third-order valence-electron chi connectivity index (χ3n) is 3.98.